The van der Waals surface area contributed by atoms with Crippen molar-refractivity contribution >= 4 is 21.9 Å². The highest BCUT2D eigenvalue weighted by atomic mass is 32.2. The van der Waals surface area contributed by atoms with Gasteiger partial charge in [-0.3, -0.25) is 4.55 Å². The monoisotopic (exact) mass is 277 g/mol. The van der Waals surface area contributed by atoms with Crippen molar-refractivity contribution in [3.05, 3.63) is 66.7 Å². The molecule has 0 unspecified atom stereocenters. The predicted octanol–water partition coefficient (Wildman–Crippen LogP) is 2.85. The number of nitrogens with two attached hydrogens (primary N) is 1. The molecule has 0 heterocycles. The molecular weight excluding hydrogens is 262 g/mol. The van der Waals surface area contributed by atoms with Crippen LogP contribution in [0.4, 0.5) is 5.69 Å². The van der Waals surface area contributed by atoms with Gasteiger partial charge in [0.25, 0.3) is 10.1 Å². The molecule has 0 amide bonds. The maximum atomic E-state index is 10.5. The molecule has 0 aliphatic carbocycles. The van der Waals surface area contributed by atoms with Gasteiger partial charge in [-0.2, -0.15) is 8.42 Å². The first kappa shape index (κ1) is 14.9. The van der Waals surface area contributed by atoms with Crippen molar-refractivity contribution in [1.29, 1.82) is 0 Å². The molecule has 2 aromatic rings. The van der Waals surface area contributed by atoms with Crippen molar-refractivity contribution in [2.75, 3.05) is 5.73 Å². The Morgan fingerprint density at radius 3 is 1.89 bits per heavy atom. The van der Waals surface area contributed by atoms with E-state index in [1.165, 1.54) is 23.8 Å². The fourth-order valence-corrected chi connectivity index (χ4v) is 1.92. The number of anilines is 1. The lowest BCUT2D eigenvalue weighted by molar-refractivity contribution is 0.483. The van der Waals surface area contributed by atoms with Gasteiger partial charge in [-0.25, -0.2) is 0 Å². The number of para-hydroxylation sites is 1. The molecule has 0 bridgehead atoms. The maximum Gasteiger partial charge on any atom is 0.296 e. The zero-order chi connectivity index (χ0) is 14.3. The average molecular weight is 277 g/mol. The largest absolute Gasteiger partial charge is 0.398 e. The van der Waals surface area contributed by atoms with Gasteiger partial charge in [-0.05, 0) is 17.7 Å². The van der Waals surface area contributed by atoms with E-state index in [4.69, 9.17) is 10.3 Å². The molecule has 100 valence electrons. The van der Waals surface area contributed by atoms with Gasteiger partial charge in [0.2, 0.25) is 0 Å². The summed E-state index contributed by atoms with van der Waals surface area (Å²) in [6.45, 7) is 3.63. The molecule has 0 radical (unpaired) electrons. The van der Waals surface area contributed by atoms with Crippen LogP contribution in [-0.4, -0.2) is 13.0 Å². The molecule has 0 saturated heterocycles. The summed E-state index contributed by atoms with van der Waals surface area (Å²) in [5.41, 5.74) is 6.49. The van der Waals surface area contributed by atoms with Crippen LogP contribution in [0.3, 0.4) is 0 Å². The average Bonchev–Trinajstić information content (AvgIpc) is 2.39. The highest BCUT2D eigenvalue weighted by Crippen LogP contribution is 2.15. The topological polar surface area (TPSA) is 80.4 Å². The third-order valence-electron chi connectivity index (χ3n) is 2.23. The summed E-state index contributed by atoms with van der Waals surface area (Å²) < 4.78 is 29.6. The number of nitrogen functional groups attached to an aromatic ring is 1. The minimum Gasteiger partial charge on any atom is -0.398 e. The van der Waals surface area contributed by atoms with Crippen molar-refractivity contribution < 1.29 is 13.0 Å². The molecule has 0 fully saturated rings. The standard InChI is InChI=1S/C8H8.C6H7NO3S/c1-2-8-6-4-3-5-7-8;7-5-3-1-2-4-6(5)11(8,9)10/h2-7H,1H2;1-4H,7H2,(H,8,9,10). The second-order valence-electron chi connectivity index (χ2n) is 3.63. The second kappa shape index (κ2) is 6.72. The van der Waals surface area contributed by atoms with Crippen molar-refractivity contribution in [2.24, 2.45) is 0 Å². The van der Waals surface area contributed by atoms with Gasteiger partial charge in [0.15, 0.2) is 0 Å². The van der Waals surface area contributed by atoms with Gasteiger partial charge in [-0.1, -0.05) is 55.1 Å². The van der Waals surface area contributed by atoms with E-state index in [9.17, 15) is 8.42 Å². The summed E-state index contributed by atoms with van der Waals surface area (Å²) in [5.74, 6) is 0. The number of benzene rings is 2. The van der Waals surface area contributed by atoms with E-state index in [-0.39, 0.29) is 10.6 Å². The zero-order valence-electron chi connectivity index (χ0n) is 10.2. The van der Waals surface area contributed by atoms with Crippen LogP contribution >= 0.6 is 0 Å². The van der Waals surface area contributed by atoms with Gasteiger partial charge in [0.05, 0.1) is 5.69 Å². The molecule has 2 aromatic carbocycles. The van der Waals surface area contributed by atoms with Crippen LogP contribution in [0.25, 0.3) is 6.08 Å². The Morgan fingerprint density at radius 2 is 1.53 bits per heavy atom. The van der Waals surface area contributed by atoms with Gasteiger partial charge >= 0.3 is 0 Å². The third-order valence-corrected chi connectivity index (χ3v) is 3.16. The van der Waals surface area contributed by atoms with Crippen LogP contribution in [0.5, 0.6) is 0 Å². The second-order valence-corrected chi connectivity index (χ2v) is 5.02. The quantitative estimate of drug-likeness (QED) is 0.653. The third kappa shape index (κ3) is 4.95. The van der Waals surface area contributed by atoms with E-state index < -0.39 is 10.1 Å². The molecule has 19 heavy (non-hydrogen) atoms. The van der Waals surface area contributed by atoms with Crippen molar-refractivity contribution in [1.82, 2.24) is 0 Å². The van der Waals surface area contributed by atoms with Crippen molar-refractivity contribution in [3.8, 4) is 0 Å². The Labute approximate surface area is 113 Å². The summed E-state index contributed by atoms with van der Waals surface area (Å²) in [4.78, 5) is -0.250. The van der Waals surface area contributed by atoms with E-state index in [0.29, 0.717) is 0 Å². The fraction of sp³-hybridized carbons (Fsp3) is 0. The predicted molar refractivity (Wildman–Crippen MR) is 77.2 cm³/mol. The molecule has 4 nitrogen and oxygen atoms in total. The van der Waals surface area contributed by atoms with Crippen LogP contribution in [0.1, 0.15) is 5.56 Å². The fourth-order valence-electron chi connectivity index (χ4n) is 1.30. The van der Waals surface area contributed by atoms with E-state index >= 15 is 0 Å². The summed E-state index contributed by atoms with van der Waals surface area (Å²) in [6, 6.07) is 15.7. The van der Waals surface area contributed by atoms with Crippen LogP contribution < -0.4 is 5.73 Å². The lowest BCUT2D eigenvalue weighted by Gasteiger charge is -1.98. The van der Waals surface area contributed by atoms with E-state index in [1.807, 2.05) is 36.4 Å². The molecule has 0 aliphatic rings. The first-order chi connectivity index (χ1) is 8.95. The number of hydrogen-bond donors (Lipinski definition) is 2. The minimum absolute atomic E-state index is 0.0509. The zero-order valence-corrected chi connectivity index (χ0v) is 11.0. The van der Waals surface area contributed by atoms with E-state index in [2.05, 4.69) is 6.58 Å². The van der Waals surface area contributed by atoms with Gasteiger partial charge in [-0.15, -0.1) is 0 Å². The van der Waals surface area contributed by atoms with E-state index in [0.717, 1.165) is 0 Å². The summed E-state index contributed by atoms with van der Waals surface area (Å²) in [5, 5.41) is 0. The van der Waals surface area contributed by atoms with Crippen LogP contribution in [0.2, 0.25) is 0 Å². The number of rotatable bonds is 2. The first-order valence-corrected chi connectivity index (χ1v) is 6.88. The Kier molecular flexibility index (Phi) is 5.29. The number of hydrogen-bond acceptors (Lipinski definition) is 3. The molecule has 0 atom stereocenters. The molecule has 0 saturated carbocycles. The van der Waals surface area contributed by atoms with Crippen molar-refractivity contribution in [3.63, 3.8) is 0 Å². The van der Waals surface area contributed by atoms with Crippen LogP contribution in [0.15, 0.2) is 66.1 Å². The Balaban J connectivity index is 0.000000200. The lowest BCUT2D eigenvalue weighted by atomic mass is 10.2. The highest BCUT2D eigenvalue weighted by molar-refractivity contribution is 7.86. The SMILES string of the molecule is C=Cc1ccccc1.Nc1ccccc1S(=O)(=O)O. The summed E-state index contributed by atoms with van der Waals surface area (Å²) in [7, 11) is -4.16. The molecule has 0 spiro atoms. The van der Waals surface area contributed by atoms with E-state index in [1.54, 1.807) is 6.07 Å². The normalized spacial score (nSPS) is 10.2. The molecule has 5 heteroatoms. The molecule has 0 aliphatic heterocycles. The molecule has 2 rings (SSSR count). The van der Waals surface area contributed by atoms with Gasteiger partial charge in [0.1, 0.15) is 4.90 Å². The molecular formula is C14H15NO3S. The van der Waals surface area contributed by atoms with Gasteiger partial charge < -0.3 is 5.73 Å². The highest BCUT2D eigenvalue weighted by Gasteiger charge is 2.11. The van der Waals surface area contributed by atoms with Crippen LogP contribution in [-0.2, 0) is 10.1 Å². The summed E-state index contributed by atoms with van der Waals surface area (Å²) >= 11 is 0. The Hall–Kier alpha value is -2.11. The lowest BCUT2D eigenvalue weighted by Crippen LogP contribution is -2.01. The summed E-state index contributed by atoms with van der Waals surface area (Å²) in [6.07, 6.45) is 1.83. The molecule has 3 N–H and O–H groups in total. The Bertz CT molecular complexity index is 637. The minimum atomic E-state index is -4.16. The van der Waals surface area contributed by atoms with Crippen molar-refractivity contribution in [2.45, 2.75) is 4.90 Å². The smallest absolute Gasteiger partial charge is 0.296 e. The van der Waals surface area contributed by atoms with Gasteiger partial charge in [0, 0.05) is 0 Å². The maximum absolute atomic E-state index is 10.5. The molecule has 0 aromatic heterocycles. The first-order valence-electron chi connectivity index (χ1n) is 5.44. The van der Waals surface area contributed by atoms with Crippen LogP contribution in [0, 0.1) is 0 Å². The Morgan fingerprint density at radius 1 is 1.00 bits per heavy atom.